The Bertz CT molecular complexity index is 327. The zero-order valence-electron chi connectivity index (χ0n) is 9.25. The number of aryl methyl sites for hydroxylation is 2. The van der Waals surface area contributed by atoms with Crippen LogP contribution in [-0.4, -0.2) is 12.5 Å². The minimum Gasteiger partial charge on any atom is -0.426 e. The molecular formula is C12H17NO2. The monoisotopic (exact) mass is 207 g/mol. The maximum atomic E-state index is 11.4. The summed E-state index contributed by atoms with van der Waals surface area (Å²) < 4.78 is 5.28. The molecule has 0 fully saturated rings. The molecule has 0 radical (unpaired) electrons. The van der Waals surface area contributed by atoms with Gasteiger partial charge >= 0.3 is 5.97 Å². The van der Waals surface area contributed by atoms with Crippen molar-refractivity contribution in [2.24, 2.45) is 5.73 Å². The van der Waals surface area contributed by atoms with Gasteiger partial charge in [-0.2, -0.15) is 0 Å². The van der Waals surface area contributed by atoms with Crippen LogP contribution in [0.3, 0.4) is 0 Å². The average Bonchev–Trinajstić information content (AvgIpc) is 2.21. The highest BCUT2D eigenvalue weighted by Gasteiger charge is 2.08. The summed E-state index contributed by atoms with van der Waals surface area (Å²) in [5.41, 5.74) is 7.29. The highest BCUT2D eigenvalue weighted by molar-refractivity contribution is 5.73. The number of carbonyl (C=O) groups excluding carboxylic acids is 1. The van der Waals surface area contributed by atoms with Gasteiger partial charge in [0.1, 0.15) is 5.75 Å². The van der Waals surface area contributed by atoms with E-state index in [4.69, 9.17) is 10.5 Å². The SMILES string of the molecule is Cc1cccc(C)c1OC(=O)CCCN. The van der Waals surface area contributed by atoms with Gasteiger partial charge in [0.05, 0.1) is 0 Å². The second kappa shape index (κ2) is 5.51. The highest BCUT2D eigenvalue weighted by Crippen LogP contribution is 2.22. The van der Waals surface area contributed by atoms with Gasteiger partial charge in [-0.3, -0.25) is 4.79 Å². The number of hydrogen-bond acceptors (Lipinski definition) is 3. The number of nitrogens with two attached hydrogens (primary N) is 1. The van der Waals surface area contributed by atoms with Crippen molar-refractivity contribution in [3.05, 3.63) is 29.3 Å². The molecule has 0 aliphatic carbocycles. The Morgan fingerprint density at radius 2 is 1.93 bits per heavy atom. The van der Waals surface area contributed by atoms with Gasteiger partial charge in [-0.1, -0.05) is 18.2 Å². The van der Waals surface area contributed by atoms with Crippen molar-refractivity contribution in [2.45, 2.75) is 26.7 Å². The minimum atomic E-state index is -0.210. The summed E-state index contributed by atoms with van der Waals surface area (Å²) >= 11 is 0. The van der Waals surface area contributed by atoms with Crippen molar-refractivity contribution in [1.82, 2.24) is 0 Å². The fourth-order valence-electron chi connectivity index (χ4n) is 1.37. The third kappa shape index (κ3) is 3.36. The Hall–Kier alpha value is -1.35. The van der Waals surface area contributed by atoms with Crippen LogP contribution in [-0.2, 0) is 4.79 Å². The van der Waals surface area contributed by atoms with Gasteiger partial charge < -0.3 is 10.5 Å². The van der Waals surface area contributed by atoms with Crippen LogP contribution >= 0.6 is 0 Å². The van der Waals surface area contributed by atoms with Crippen molar-refractivity contribution in [1.29, 1.82) is 0 Å². The molecule has 82 valence electrons. The molecular weight excluding hydrogens is 190 g/mol. The standard InChI is InChI=1S/C12H17NO2/c1-9-5-3-6-10(2)12(9)15-11(14)7-4-8-13/h3,5-6H,4,7-8,13H2,1-2H3. The van der Waals surface area contributed by atoms with Gasteiger partial charge in [-0.05, 0) is 37.9 Å². The first-order chi connectivity index (χ1) is 7.15. The summed E-state index contributed by atoms with van der Waals surface area (Å²) in [6.07, 6.45) is 1.05. The molecule has 0 heterocycles. The highest BCUT2D eigenvalue weighted by atomic mass is 16.5. The van der Waals surface area contributed by atoms with Gasteiger partial charge in [0.25, 0.3) is 0 Å². The van der Waals surface area contributed by atoms with E-state index in [0.29, 0.717) is 25.1 Å². The zero-order chi connectivity index (χ0) is 11.3. The number of esters is 1. The molecule has 3 nitrogen and oxygen atoms in total. The number of benzene rings is 1. The van der Waals surface area contributed by atoms with Crippen LogP contribution in [0, 0.1) is 13.8 Å². The van der Waals surface area contributed by atoms with Gasteiger partial charge in [0, 0.05) is 6.42 Å². The predicted octanol–water partition coefficient (Wildman–Crippen LogP) is 1.95. The first kappa shape index (κ1) is 11.7. The number of carbonyl (C=O) groups is 1. The summed E-state index contributed by atoms with van der Waals surface area (Å²) in [5.74, 6) is 0.470. The summed E-state index contributed by atoms with van der Waals surface area (Å²) in [5, 5.41) is 0. The summed E-state index contributed by atoms with van der Waals surface area (Å²) in [4.78, 5) is 11.4. The molecule has 0 aliphatic rings. The van der Waals surface area contributed by atoms with Crippen molar-refractivity contribution >= 4 is 5.97 Å². The maximum absolute atomic E-state index is 11.4. The van der Waals surface area contributed by atoms with Crippen molar-refractivity contribution in [3.63, 3.8) is 0 Å². The molecule has 15 heavy (non-hydrogen) atoms. The Balaban J connectivity index is 2.68. The van der Waals surface area contributed by atoms with Crippen molar-refractivity contribution in [3.8, 4) is 5.75 Å². The number of para-hydroxylation sites is 1. The molecule has 0 spiro atoms. The van der Waals surface area contributed by atoms with Crippen LogP contribution in [0.5, 0.6) is 5.75 Å². The fourth-order valence-corrected chi connectivity index (χ4v) is 1.37. The lowest BCUT2D eigenvalue weighted by Gasteiger charge is -2.09. The molecule has 0 atom stereocenters. The Morgan fingerprint density at radius 1 is 1.33 bits per heavy atom. The second-order valence-corrected chi connectivity index (χ2v) is 3.59. The van der Waals surface area contributed by atoms with E-state index in [9.17, 15) is 4.79 Å². The van der Waals surface area contributed by atoms with E-state index in [2.05, 4.69) is 0 Å². The first-order valence-corrected chi connectivity index (χ1v) is 5.12. The fraction of sp³-hybridized carbons (Fsp3) is 0.417. The Morgan fingerprint density at radius 3 is 2.47 bits per heavy atom. The van der Waals surface area contributed by atoms with Gasteiger partial charge in [0.15, 0.2) is 0 Å². The van der Waals surface area contributed by atoms with E-state index in [-0.39, 0.29) is 5.97 Å². The van der Waals surface area contributed by atoms with Gasteiger partial charge in [0.2, 0.25) is 0 Å². The van der Waals surface area contributed by atoms with Crippen molar-refractivity contribution in [2.75, 3.05) is 6.54 Å². The van der Waals surface area contributed by atoms with Gasteiger partial charge in [-0.15, -0.1) is 0 Å². The third-order valence-corrected chi connectivity index (χ3v) is 2.21. The average molecular weight is 207 g/mol. The third-order valence-electron chi connectivity index (χ3n) is 2.21. The molecule has 0 bridgehead atoms. The summed E-state index contributed by atoms with van der Waals surface area (Å²) in [6, 6.07) is 5.80. The molecule has 0 aliphatic heterocycles. The normalized spacial score (nSPS) is 10.1. The number of hydrogen-bond donors (Lipinski definition) is 1. The van der Waals surface area contributed by atoms with Crippen LogP contribution in [0.1, 0.15) is 24.0 Å². The summed E-state index contributed by atoms with van der Waals surface area (Å²) in [7, 11) is 0. The first-order valence-electron chi connectivity index (χ1n) is 5.12. The van der Waals surface area contributed by atoms with Crippen molar-refractivity contribution < 1.29 is 9.53 Å². The largest absolute Gasteiger partial charge is 0.426 e. The quantitative estimate of drug-likeness (QED) is 0.606. The van der Waals surface area contributed by atoms with E-state index < -0.39 is 0 Å². The van der Waals surface area contributed by atoms with E-state index >= 15 is 0 Å². The summed E-state index contributed by atoms with van der Waals surface area (Å²) in [6.45, 7) is 4.37. The van der Waals surface area contributed by atoms with E-state index in [0.717, 1.165) is 11.1 Å². The van der Waals surface area contributed by atoms with Crippen LogP contribution in [0.2, 0.25) is 0 Å². The zero-order valence-corrected chi connectivity index (χ0v) is 9.25. The van der Waals surface area contributed by atoms with Crippen LogP contribution in [0.25, 0.3) is 0 Å². The van der Waals surface area contributed by atoms with Gasteiger partial charge in [-0.25, -0.2) is 0 Å². The Labute approximate surface area is 90.2 Å². The lowest BCUT2D eigenvalue weighted by molar-refractivity contribution is -0.134. The molecule has 0 saturated heterocycles. The molecule has 3 heteroatoms. The number of rotatable bonds is 4. The smallest absolute Gasteiger partial charge is 0.311 e. The van der Waals surface area contributed by atoms with Crippen LogP contribution in [0.15, 0.2) is 18.2 Å². The molecule has 0 unspecified atom stereocenters. The van der Waals surface area contributed by atoms with Crippen LogP contribution < -0.4 is 10.5 Å². The molecule has 1 aromatic carbocycles. The molecule has 0 aromatic heterocycles. The molecule has 1 rings (SSSR count). The number of ether oxygens (including phenoxy) is 1. The molecule has 1 aromatic rings. The molecule has 0 amide bonds. The van der Waals surface area contributed by atoms with E-state index in [1.807, 2.05) is 32.0 Å². The maximum Gasteiger partial charge on any atom is 0.311 e. The van der Waals surface area contributed by atoms with E-state index in [1.165, 1.54) is 0 Å². The lowest BCUT2D eigenvalue weighted by atomic mass is 10.1. The topological polar surface area (TPSA) is 52.3 Å². The predicted molar refractivity (Wildman–Crippen MR) is 59.8 cm³/mol. The Kier molecular flexibility index (Phi) is 4.31. The minimum absolute atomic E-state index is 0.210. The van der Waals surface area contributed by atoms with E-state index in [1.54, 1.807) is 0 Å². The molecule has 2 N–H and O–H groups in total. The second-order valence-electron chi connectivity index (χ2n) is 3.59. The lowest BCUT2D eigenvalue weighted by Crippen LogP contribution is -2.11. The van der Waals surface area contributed by atoms with Crippen LogP contribution in [0.4, 0.5) is 0 Å². The molecule has 0 saturated carbocycles.